The van der Waals surface area contributed by atoms with Crippen LogP contribution in [0.1, 0.15) is 34.3 Å². The highest BCUT2D eigenvalue weighted by molar-refractivity contribution is 7.11. The number of halogens is 2. The van der Waals surface area contributed by atoms with Gasteiger partial charge in [-0.15, -0.1) is 11.3 Å². The Bertz CT molecular complexity index is 1440. The van der Waals surface area contributed by atoms with Crippen LogP contribution in [0.25, 0.3) is 11.1 Å². The fourth-order valence-corrected chi connectivity index (χ4v) is 5.84. The molecule has 3 N–H and O–H groups in total. The minimum absolute atomic E-state index is 0.00594. The summed E-state index contributed by atoms with van der Waals surface area (Å²) in [7, 11) is 0. The number of hydrogen-bond donors (Lipinski definition) is 3. The van der Waals surface area contributed by atoms with Crippen molar-refractivity contribution in [1.29, 1.82) is 0 Å². The first kappa shape index (κ1) is 25.5. The summed E-state index contributed by atoms with van der Waals surface area (Å²) >= 11 is 14.3. The molecule has 0 spiro atoms. The molecule has 2 atom stereocenters. The Hall–Kier alpha value is -3.18. The molecule has 9 nitrogen and oxygen atoms in total. The number of nitrogens with zero attached hydrogens (tertiary/aromatic N) is 3. The molecule has 1 saturated heterocycles. The van der Waals surface area contributed by atoms with Crippen LogP contribution in [0.5, 0.6) is 0 Å². The SMILES string of the molecule is O=C(O)CCc1cnc([C@@H]2[C@@H](O)CCN2C(=O)Cc2cc(Cl)c(Nc3nc4ccccc4o3)cc2Cl)s1. The van der Waals surface area contributed by atoms with Gasteiger partial charge in [-0.1, -0.05) is 35.3 Å². The Balaban J connectivity index is 1.30. The van der Waals surface area contributed by atoms with Gasteiger partial charge in [-0.05, 0) is 42.7 Å². The Morgan fingerprint density at radius 1 is 1.22 bits per heavy atom. The molecule has 0 aliphatic carbocycles. The summed E-state index contributed by atoms with van der Waals surface area (Å²) in [5.74, 6) is -1.11. The average molecular weight is 561 g/mol. The van der Waals surface area contributed by atoms with Gasteiger partial charge in [-0.3, -0.25) is 9.59 Å². The summed E-state index contributed by atoms with van der Waals surface area (Å²) in [6.45, 7) is 0.372. The van der Waals surface area contributed by atoms with Crippen molar-refractivity contribution < 1.29 is 24.2 Å². The van der Waals surface area contributed by atoms with Gasteiger partial charge in [-0.2, -0.15) is 4.98 Å². The van der Waals surface area contributed by atoms with E-state index in [0.717, 1.165) is 4.88 Å². The van der Waals surface area contributed by atoms with Gasteiger partial charge < -0.3 is 24.8 Å². The van der Waals surface area contributed by atoms with Crippen LogP contribution in [0.4, 0.5) is 11.7 Å². The maximum Gasteiger partial charge on any atom is 0.303 e. The maximum absolute atomic E-state index is 13.3. The van der Waals surface area contributed by atoms with E-state index in [0.29, 0.717) is 56.8 Å². The molecule has 1 fully saturated rings. The van der Waals surface area contributed by atoms with E-state index < -0.39 is 18.1 Å². The van der Waals surface area contributed by atoms with E-state index in [1.165, 1.54) is 11.3 Å². The number of aliphatic hydroxyl groups excluding tert-OH is 1. The van der Waals surface area contributed by atoms with Gasteiger partial charge in [0.2, 0.25) is 5.91 Å². The molecule has 0 bridgehead atoms. The summed E-state index contributed by atoms with van der Waals surface area (Å²) in [6.07, 6.45) is 1.60. The zero-order valence-electron chi connectivity index (χ0n) is 19.4. The van der Waals surface area contributed by atoms with Crippen molar-refractivity contribution in [3.8, 4) is 0 Å². The number of para-hydroxylation sites is 2. The van der Waals surface area contributed by atoms with E-state index in [2.05, 4.69) is 15.3 Å². The molecule has 192 valence electrons. The molecule has 4 aromatic rings. The zero-order chi connectivity index (χ0) is 26.1. The zero-order valence-corrected chi connectivity index (χ0v) is 21.7. The number of hydrogen-bond acceptors (Lipinski definition) is 8. The lowest BCUT2D eigenvalue weighted by molar-refractivity contribution is -0.137. The number of thiazole rings is 1. The number of aliphatic hydroxyl groups is 1. The van der Waals surface area contributed by atoms with Crippen LogP contribution in [-0.2, 0) is 22.4 Å². The van der Waals surface area contributed by atoms with Crippen molar-refractivity contribution in [2.24, 2.45) is 0 Å². The highest BCUT2D eigenvalue weighted by atomic mass is 35.5. The number of carboxylic acid groups (broad SMARTS) is 1. The standard InChI is InChI=1S/C25H22Cl2N4O5S/c26-15-11-18(30-25-29-17-3-1-2-4-20(17)36-25)16(27)9-13(15)10-21(33)31-8-7-19(32)23(31)24-28-12-14(37-24)5-6-22(34)35/h1-4,9,11-12,19,23,32H,5-8,10H2,(H,29,30)(H,34,35)/t19-,23-/m0/s1. The van der Waals surface area contributed by atoms with Gasteiger partial charge in [0, 0.05) is 22.6 Å². The second-order valence-corrected chi connectivity index (χ2v) is 10.6. The molecule has 37 heavy (non-hydrogen) atoms. The molecule has 1 amide bonds. The number of anilines is 2. The lowest BCUT2D eigenvalue weighted by atomic mass is 10.1. The first-order chi connectivity index (χ1) is 17.8. The number of amides is 1. The number of carbonyl (C=O) groups excluding carboxylic acids is 1. The van der Waals surface area contributed by atoms with Crippen LogP contribution in [0.3, 0.4) is 0 Å². The largest absolute Gasteiger partial charge is 0.481 e. The average Bonchev–Trinajstić information content (AvgIpc) is 3.58. The van der Waals surface area contributed by atoms with Crippen molar-refractivity contribution >= 4 is 69.2 Å². The molecule has 0 unspecified atom stereocenters. The Morgan fingerprint density at radius 3 is 2.81 bits per heavy atom. The molecular weight excluding hydrogens is 539 g/mol. The lowest BCUT2D eigenvalue weighted by Gasteiger charge is -2.25. The lowest BCUT2D eigenvalue weighted by Crippen LogP contribution is -2.34. The van der Waals surface area contributed by atoms with Gasteiger partial charge in [0.1, 0.15) is 16.6 Å². The fraction of sp³-hybridized carbons (Fsp3) is 0.280. The molecule has 2 aromatic carbocycles. The van der Waals surface area contributed by atoms with Crippen molar-refractivity contribution in [3.63, 3.8) is 0 Å². The molecule has 0 radical (unpaired) electrons. The number of oxazole rings is 1. The van der Waals surface area contributed by atoms with Crippen LogP contribution in [0, 0.1) is 0 Å². The van der Waals surface area contributed by atoms with Crippen molar-refractivity contribution in [3.05, 3.63) is 68.1 Å². The number of rotatable bonds is 8. The molecule has 12 heteroatoms. The van der Waals surface area contributed by atoms with Gasteiger partial charge in [0.05, 0.1) is 29.7 Å². The monoisotopic (exact) mass is 560 g/mol. The predicted molar refractivity (Wildman–Crippen MR) is 141 cm³/mol. The third-order valence-electron chi connectivity index (χ3n) is 6.11. The third kappa shape index (κ3) is 5.57. The quantitative estimate of drug-likeness (QED) is 0.267. The number of nitrogens with one attached hydrogen (secondary N) is 1. The number of aryl methyl sites for hydroxylation is 1. The minimum atomic E-state index is -0.890. The highest BCUT2D eigenvalue weighted by Gasteiger charge is 2.39. The second kappa shape index (κ2) is 10.7. The Labute approximate surface area is 225 Å². The van der Waals surface area contributed by atoms with E-state index >= 15 is 0 Å². The molecule has 0 saturated carbocycles. The maximum atomic E-state index is 13.3. The fourth-order valence-electron chi connectivity index (χ4n) is 4.28. The van der Waals surface area contributed by atoms with Gasteiger partial charge in [0.25, 0.3) is 6.01 Å². The van der Waals surface area contributed by atoms with Crippen LogP contribution < -0.4 is 5.32 Å². The Kier molecular flexibility index (Phi) is 7.34. The van der Waals surface area contributed by atoms with Gasteiger partial charge in [0.15, 0.2) is 5.58 Å². The summed E-state index contributed by atoms with van der Waals surface area (Å²) in [6, 6.07) is 10.3. The minimum Gasteiger partial charge on any atom is -0.481 e. The number of carbonyl (C=O) groups is 2. The van der Waals surface area contributed by atoms with Crippen molar-refractivity contribution in [2.75, 3.05) is 11.9 Å². The first-order valence-electron chi connectivity index (χ1n) is 11.5. The molecule has 3 heterocycles. The summed E-state index contributed by atoms with van der Waals surface area (Å²) in [5, 5.41) is 23.8. The van der Waals surface area contributed by atoms with Crippen LogP contribution >= 0.6 is 34.5 Å². The van der Waals surface area contributed by atoms with Crippen LogP contribution in [0.15, 0.2) is 47.0 Å². The Morgan fingerprint density at radius 2 is 2.03 bits per heavy atom. The summed E-state index contributed by atoms with van der Waals surface area (Å²) in [5.41, 5.74) is 2.36. The van der Waals surface area contributed by atoms with E-state index in [1.54, 1.807) is 23.2 Å². The summed E-state index contributed by atoms with van der Waals surface area (Å²) < 4.78 is 5.68. The van der Waals surface area contributed by atoms with Crippen LogP contribution in [-0.4, -0.2) is 49.6 Å². The second-order valence-electron chi connectivity index (χ2n) is 8.66. The summed E-state index contributed by atoms with van der Waals surface area (Å²) in [4.78, 5) is 35.3. The smallest absolute Gasteiger partial charge is 0.303 e. The number of carboxylic acids is 1. The number of likely N-dealkylation sites (tertiary alicyclic amines) is 1. The third-order valence-corrected chi connectivity index (χ3v) is 7.90. The number of benzene rings is 2. The first-order valence-corrected chi connectivity index (χ1v) is 13.1. The molecule has 2 aromatic heterocycles. The molecule has 1 aliphatic heterocycles. The number of fused-ring (bicyclic) bond motifs is 1. The highest BCUT2D eigenvalue weighted by Crippen LogP contribution is 2.37. The van der Waals surface area contributed by atoms with Crippen molar-refractivity contribution in [2.45, 2.75) is 37.8 Å². The van der Waals surface area contributed by atoms with Gasteiger partial charge >= 0.3 is 5.97 Å². The van der Waals surface area contributed by atoms with Crippen molar-refractivity contribution in [1.82, 2.24) is 14.9 Å². The molecule has 1 aliphatic rings. The molecular formula is C25H22Cl2N4O5S. The molecule has 5 rings (SSSR count). The number of aromatic nitrogens is 2. The predicted octanol–water partition coefficient (Wildman–Crippen LogP) is 5.23. The van der Waals surface area contributed by atoms with E-state index in [1.807, 2.05) is 24.3 Å². The normalized spacial score (nSPS) is 17.4. The number of aliphatic carboxylic acids is 1. The van der Waals surface area contributed by atoms with E-state index in [4.69, 9.17) is 32.7 Å². The van der Waals surface area contributed by atoms with E-state index in [9.17, 15) is 14.7 Å². The van der Waals surface area contributed by atoms with Gasteiger partial charge in [-0.25, -0.2) is 4.98 Å². The van der Waals surface area contributed by atoms with Crippen LogP contribution in [0.2, 0.25) is 10.0 Å². The topological polar surface area (TPSA) is 129 Å². The van der Waals surface area contributed by atoms with E-state index in [-0.39, 0.29) is 24.8 Å².